The summed E-state index contributed by atoms with van der Waals surface area (Å²) in [7, 11) is 3.06. The summed E-state index contributed by atoms with van der Waals surface area (Å²) in [6, 6.07) is 28.3. The summed E-state index contributed by atoms with van der Waals surface area (Å²) in [5.74, 6) is 0.505. The molecule has 46 heavy (non-hydrogen) atoms. The minimum absolute atomic E-state index is 0.00256. The second-order valence-corrected chi connectivity index (χ2v) is 11.2. The van der Waals surface area contributed by atoms with Crippen molar-refractivity contribution in [3.8, 4) is 17.2 Å². The third-order valence-electron chi connectivity index (χ3n) is 6.74. The van der Waals surface area contributed by atoms with E-state index in [1.165, 1.54) is 32.1 Å². The van der Waals surface area contributed by atoms with E-state index in [2.05, 4.69) is 16.0 Å². The van der Waals surface area contributed by atoms with Crippen LogP contribution < -0.4 is 30.2 Å². The summed E-state index contributed by atoms with van der Waals surface area (Å²) >= 11 is 1.39. The van der Waals surface area contributed by atoms with Crippen LogP contribution in [0.3, 0.4) is 0 Å². The highest BCUT2D eigenvalue weighted by Gasteiger charge is 2.21. The number of anilines is 2. The fraction of sp³-hybridized carbons (Fsp3) is 0.194. The lowest BCUT2D eigenvalue weighted by molar-refractivity contribution is -0.116. The fourth-order valence-corrected chi connectivity index (χ4v) is 5.46. The number of carbonyl (C=O) groups excluding carboxylic acids is 3. The molecule has 0 aliphatic rings. The highest BCUT2D eigenvalue weighted by molar-refractivity contribution is 8.00. The number of methoxy groups -OCH3 is 2. The number of para-hydroxylation sites is 2. The maximum Gasteiger partial charge on any atom is 0.272 e. The number of hydrogen-bond donors (Lipinski definition) is 3. The Kier molecular flexibility index (Phi) is 12.3. The Hall–Kier alpha value is -5.22. The Balaban J connectivity index is 1.55. The van der Waals surface area contributed by atoms with Gasteiger partial charge in [-0.1, -0.05) is 43.3 Å². The van der Waals surface area contributed by atoms with Gasteiger partial charge < -0.3 is 30.2 Å². The average molecular weight is 640 g/mol. The van der Waals surface area contributed by atoms with Crippen LogP contribution in [-0.2, 0) is 9.59 Å². The van der Waals surface area contributed by atoms with E-state index in [1.807, 2.05) is 38.1 Å². The van der Waals surface area contributed by atoms with Gasteiger partial charge in [-0.25, -0.2) is 0 Å². The number of hydrogen-bond acceptors (Lipinski definition) is 7. The molecule has 0 saturated carbocycles. The number of thioether (sulfide) groups is 1. The minimum atomic E-state index is -0.548. The molecule has 9 nitrogen and oxygen atoms in total. The summed E-state index contributed by atoms with van der Waals surface area (Å²) < 4.78 is 16.5. The second-order valence-electron chi connectivity index (χ2n) is 9.90. The lowest BCUT2D eigenvalue weighted by Gasteiger charge is -2.17. The quantitative estimate of drug-likeness (QED) is 0.100. The van der Waals surface area contributed by atoms with Crippen molar-refractivity contribution >= 4 is 46.9 Å². The van der Waals surface area contributed by atoms with Gasteiger partial charge in [0.15, 0.2) is 0 Å². The third kappa shape index (κ3) is 9.15. The summed E-state index contributed by atoms with van der Waals surface area (Å²) in [5, 5.41) is 8.20. The second kappa shape index (κ2) is 16.7. The molecular formula is C36H37N3O6S. The molecule has 0 aromatic heterocycles. The highest BCUT2D eigenvalue weighted by Crippen LogP contribution is 2.31. The van der Waals surface area contributed by atoms with Crippen molar-refractivity contribution in [1.29, 1.82) is 0 Å². The molecule has 0 aliphatic heterocycles. The van der Waals surface area contributed by atoms with Crippen LogP contribution in [0, 0.1) is 0 Å². The molecule has 0 spiro atoms. The lowest BCUT2D eigenvalue weighted by Crippen LogP contribution is -2.30. The number of carbonyl (C=O) groups is 3. The van der Waals surface area contributed by atoms with E-state index in [1.54, 1.807) is 72.8 Å². The van der Waals surface area contributed by atoms with Gasteiger partial charge in [0.1, 0.15) is 22.9 Å². The van der Waals surface area contributed by atoms with E-state index < -0.39 is 17.1 Å². The zero-order chi connectivity index (χ0) is 32.9. The van der Waals surface area contributed by atoms with Crippen LogP contribution in [0.15, 0.2) is 108 Å². The molecular weight excluding hydrogens is 602 g/mol. The number of nitrogens with one attached hydrogen (secondary N) is 3. The molecule has 0 fully saturated rings. The van der Waals surface area contributed by atoms with Crippen LogP contribution >= 0.6 is 11.8 Å². The summed E-state index contributed by atoms with van der Waals surface area (Å²) in [6.45, 7) is 4.31. The third-order valence-corrected chi connectivity index (χ3v) is 8.10. The minimum Gasteiger partial charge on any atom is -0.497 e. The molecule has 4 aromatic carbocycles. The van der Waals surface area contributed by atoms with Crippen LogP contribution in [0.4, 0.5) is 11.4 Å². The molecule has 0 bridgehead atoms. The van der Waals surface area contributed by atoms with E-state index in [9.17, 15) is 14.4 Å². The van der Waals surface area contributed by atoms with Gasteiger partial charge in [0.2, 0.25) is 5.91 Å². The summed E-state index contributed by atoms with van der Waals surface area (Å²) in [6.07, 6.45) is 2.11. The van der Waals surface area contributed by atoms with Crippen molar-refractivity contribution in [2.24, 2.45) is 0 Å². The first-order valence-electron chi connectivity index (χ1n) is 14.8. The van der Waals surface area contributed by atoms with Crippen LogP contribution in [-0.4, -0.2) is 43.8 Å². The molecule has 0 radical (unpaired) electrons. The molecule has 238 valence electrons. The Bertz CT molecular complexity index is 1690. The Morgan fingerprint density at radius 2 is 1.57 bits per heavy atom. The maximum absolute atomic E-state index is 13.7. The van der Waals surface area contributed by atoms with Gasteiger partial charge in [0.05, 0.1) is 31.8 Å². The maximum atomic E-state index is 13.7. The van der Waals surface area contributed by atoms with Crippen LogP contribution in [0.5, 0.6) is 17.2 Å². The van der Waals surface area contributed by atoms with Gasteiger partial charge in [0, 0.05) is 21.7 Å². The number of ether oxygens (including phenoxy) is 3. The first-order valence-corrected chi connectivity index (χ1v) is 15.6. The van der Waals surface area contributed by atoms with Gasteiger partial charge in [-0.2, -0.15) is 0 Å². The standard InChI is InChI=1S/C36H37N3O6S/c1-5-33(36(42)38-29-17-10-11-18-32(29)45-6-2)46-28-16-12-15-26(23-28)37-35(41)30(39-34(40)24-13-8-7-9-14-24)22-25-21-27(43-3)19-20-31(25)44-4/h7-23,33H,5-6H2,1-4H3,(H,37,41)(H,38,42)(H,39,40)/b30-22+. The lowest BCUT2D eigenvalue weighted by atomic mass is 10.1. The Labute approximate surface area is 273 Å². The molecule has 3 N–H and O–H groups in total. The molecule has 0 saturated heterocycles. The Morgan fingerprint density at radius 3 is 2.28 bits per heavy atom. The van der Waals surface area contributed by atoms with Crippen LogP contribution in [0.2, 0.25) is 0 Å². The van der Waals surface area contributed by atoms with Crippen LogP contribution in [0.25, 0.3) is 6.08 Å². The van der Waals surface area contributed by atoms with E-state index >= 15 is 0 Å². The predicted octanol–water partition coefficient (Wildman–Crippen LogP) is 7.02. The number of amides is 3. The molecule has 1 unspecified atom stereocenters. The van der Waals surface area contributed by atoms with Gasteiger partial charge in [-0.05, 0) is 80.1 Å². The first kappa shape index (κ1) is 33.7. The smallest absolute Gasteiger partial charge is 0.272 e. The normalized spacial score (nSPS) is 11.6. The number of rotatable bonds is 14. The summed E-state index contributed by atoms with van der Waals surface area (Å²) in [5.41, 5.74) is 2.03. The van der Waals surface area contributed by atoms with E-state index in [-0.39, 0.29) is 11.6 Å². The molecule has 1 atom stereocenters. The van der Waals surface area contributed by atoms with Crippen molar-refractivity contribution in [1.82, 2.24) is 5.32 Å². The van der Waals surface area contributed by atoms with Gasteiger partial charge in [-0.3, -0.25) is 14.4 Å². The average Bonchev–Trinajstić information content (AvgIpc) is 3.08. The first-order chi connectivity index (χ1) is 22.3. The fourth-order valence-electron chi connectivity index (χ4n) is 4.45. The molecule has 3 amide bonds. The SMILES string of the molecule is CCOc1ccccc1NC(=O)C(CC)Sc1cccc(NC(=O)/C(=C\c2cc(OC)ccc2OC)NC(=O)c2ccccc2)c1. The van der Waals surface area contributed by atoms with E-state index in [0.29, 0.717) is 52.8 Å². The summed E-state index contributed by atoms with van der Waals surface area (Å²) in [4.78, 5) is 40.8. The highest BCUT2D eigenvalue weighted by atomic mass is 32.2. The zero-order valence-electron chi connectivity index (χ0n) is 26.2. The van der Waals surface area contributed by atoms with Crippen molar-refractivity contribution < 1.29 is 28.6 Å². The number of benzene rings is 4. The molecule has 10 heteroatoms. The monoisotopic (exact) mass is 639 g/mol. The molecule has 4 rings (SSSR count). The molecule has 0 heterocycles. The van der Waals surface area contributed by atoms with Crippen LogP contribution in [0.1, 0.15) is 36.2 Å². The van der Waals surface area contributed by atoms with Crippen molar-refractivity contribution in [2.45, 2.75) is 30.4 Å². The molecule has 0 aliphatic carbocycles. The van der Waals surface area contributed by atoms with Crippen molar-refractivity contribution in [2.75, 3.05) is 31.5 Å². The van der Waals surface area contributed by atoms with E-state index in [0.717, 1.165) is 4.90 Å². The largest absolute Gasteiger partial charge is 0.497 e. The Morgan fingerprint density at radius 1 is 0.804 bits per heavy atom. The zero-order valence-corrected chi connectivity index (χ0v) is 27.0. The van der Waals surface area contributed by atoms with Gasteiger partial charge in [-0.15, -0.1) is 11.8 Å². The van der Waals surface area contributed by atoms with Crippen molar-refractivity contribution in [3.05, 3.63) is 114 Å². The topological polar surface area (TPSA) is 115 Å². The predicted molar refractivity (Wildman–Crippen MR) is 183 cm³/mol. The molecule has 4 aromatic rings. The van der Waals surface area contributed by atoms with E-state index in [4.69, 9.17) is 14.2 Å². The van der Waals surface area contributed by atoms with Gasteiger partial charge in [0.25, 0.3) is 11.8 Å². The van der Waals surface area contributed by atoms with Crippen molar-refractivity contribution in [3.63, 3.8) is 0 Å². The van der Waals surface area contributed by atoms with Gasteiger partial charge >= 0.3 is 0 Å².